The maximum Gasteiger partial charge on any atom is 0.129 e. The predicted octanol–water partition coefficient (Wildman–Crippen LogP) is 2.48. The van der Waals surface area contributed by atoms with Crippen LogP contribution in [0.1, 0.15) is 5.56 Å². The standard InChI is InChI=1S/C12H13N2/c1-9-8-12(14(2)3)13-11-7-5-4-6-10(9)11/h4-8H,1H2,2-3H3. The van der Waals surface area contributed by atoms with Crippen molar-refractivity contribution in [3.63, 3.8) is 0 Å². The third-order valence-electron chi connectivity index (χ3n) is 2.25. The molecule has 0 amide bonds. The number of aromatic nitrogens is 1. The van der Waals surface area contributed by atoms with E-state index in [2.05, 4.69) is 11.9 Å². The molecule has 2 nitrogen and oxygen atoms in total. The van der Waals surface area contributed by atoms with Crippen LogP contribution in [0.3, 0.4) is 0 Å². The van der Waals surface area contributed by atoms with Crippen LogP contribution in [0.5, 0.6) is 0 Å². The van der Waals surface area contributed by atoms with Gasteiger partial charge in [-0.05, 0) is 24.6 Å². The molecule has 0 saturated carbocycles. The molecule has 0 N–H and O–H groups in total. The molecule has 71 valence electrons. The second-order valence-corrected chi connectivity index (χ2v) is 3.55. The third-order valence-corrected chi connectivity index (χ3v) is 2.25. The Morgan fingerprint density at radius 1 is 1.21 bits per heavy atom. The zero-order valence-electron chi connectivity index (χ0n) is 8.49. The van der Waals surface area contributed by atoms with Gasteiger partial charge in [-0.2, -0.15) is 0 Å². The molecule has 2 rings (SSSR count). The zero-order valence-corrected chi connectivity index (χ0v) is 8.49. The van der Waals surface area contributed by atoms with Crippen molar-refractivity contribution in [3.8, 4) is 0 Å². The molecule has 0 aliphatic heterocycles. The Hall–Kier alpha value is -1.57. The lowest BCUT2D eigenvalue weighted by Gasteiger charge is -2.13. The van der Waals surface area contributed by atoms with Crippen molar-refractivity contribution in [2.24, 2.45) is 0 Å². The Kier molecular flexibility index (Phi) is 2.12. The van der Waals surface area contributed by atoms with Crippen LogP contribution in [-0.4, -0.2) is 19.1 Å². The minimum Gasteiger partial charge on any atom is -0.363 e. The molecule has 0 unspecified atom stereocenters. The maximum atomic E-state index is 4.52. The summed E-state index contributed by atoms with van der Waals surface area (Å²) in [7, 11) is 3.97. The number of pyridine rings is 1. The first-order valence-electron chi connectivity index (χ1n) is 4.57. The number of anilines is 1. The molecule has 0 atom stereocenters. The molecule has 1 aromatic heterocycles. The lowest BCUT2D eigenvalue weighted by Crippen LogP contribution is -2.10. The van der Waals surface area contributed by atoms with Gasteiger partial charge in [0.15, 0.2) is 0 Å². The molecule has 14 heavy (non-hydrogen) atoms. The largest absolute Gasteiger partial charge is 0.363 e. The van der Waals surface area contributed by atoms with E-state index >= 15 is 0 Å². The third kappa shape index (κ3) is 1.43. The minimum absolute atomic E-state index is 0.953. The van der Waals surface area contributed by atoms with E-state index in [4.69, 9.17) is 0 Å². The number of rotatable bonds is 1. The molecule has 1 aromatic carbocycles. The van der Waals surface area contributed by atoms with Crippen LogP contribution in [-0.2, 0) is 0 Å². The Balaban J connectivity index is 2.72. The van der Waals surface area contributed by atoms with Gasteiger partial charge < -0.3 is 4.90 Å². The second kappa shape index (κ2) is 3.29. The molecule has 0 bridgehead atoms. The van der Waals surface area contributed by atoms with Gasteiger partial charge in [-0.1, -0.05) is 18.2 Å². The summed E-state index contributed by atoms with van der Waals surface area (Å²) in [6, 6.07) is 10.1. The van der Waals surface area contributed by atoms with Gasteiger partial charge in [0.2, 0.25) is 0 Å². The van der Waals surface area contributed by atoms with Crippen molar-refractivity contribution in [1.82, 2.24) is 4.98 Å². The minimum atomic E-state index is 0.953. The van der Waals surface area contributed by atoms with E-state index in [1.807, 2.05) is 49.3 Å². The van der Waals surface area contributed by atoms with Crippen molar-refractivity contribution in [3.05, 3.63) is 42.8 Å². The molecular formula is C12H13N2. The summed E-state index contributed by atoms with van der Waals surface area (Å²) >= 11 is 0. The number of hydrogen-bond acceptors (Lipinski definition) is 2. The Morgan fingerprint density at radius 3 is 2.64 bits per heavy atom. The lowest BCUT2D eigenvalue weighted by molar-refractivity contribution is 1.08. The number of para-hydroxylation sites is 1. The highest BCUT2D eigenvalue weighted by atomic mass is 15.1. The predicted molar refractivity (Wildman–Crippen MR) is 60.5 cm³/mol. The fraction of sp³-hybridized carbons (Fsp3) is 0.167. The van der Waals surface area contributed by atoms with Crippen LogP contribution in [0.25, 0.3) is 10.9 Å². The lowest BCUT2D eigenvalue weighted by atomic mass is 10.1. The van der Waals surface area contributed by atoms with E-state index in [9.17, 15) is 0 Å². The fourth-order valence-electron chi connectivity index (χ4n) is 1.46. The van der Waals surface area contributed by atoms with Crippen molar-refractivity contribution in [2.75, 3.05) is 19.0 Å². The van der Waals surface area contributed by atoms with Crippen LogP contribution >= 0.6 is 0 Å². The highest BCUT2D eigenvalue weighted by Gasteiger charge is 2.02. The van der Waals surface area contributed by atoms with Crippen LogP contribution in [0.4, 0.5) is 5.82 Å². The zero-order chi connectivity index (χ0) is 10.1. The summed E-state index contributed by atoms with van der Waals surface area (Å²) in [5, 5.41) is 1.12. The first-order valence-corrected chi connectivity index (χ1v) is 4.57. The molecule has 0 aliphatic rings. The van der Waals surface area contributed by atoms with Crippen molar-refractivity contribution in [1.29, 1.82) is 0 Å². The van der Waals surface area contributed by atoms with E-state index in [0.29, 0.717) is 0 Å². The summed E-state index contributed by atoms with van der Waals surface area (Å²) in [6.07, 6.45) is 0. The van der Waals surface area contributed by atoms with Crippen LogP contribution in [0, 0.1) is 6.92 Å². The quantitative estimate of drug-likeness (QED) is 0.678. The molecular weight excluding hydrogens is 172 g/mol. The van der Waals surface area contributed by atoms with Crippen LogP contribution < -0.4 is 4.90 Å². The summed E-state index contributed by atoms with van der Waals surface area (Å²) in [5.74, 6) is 0.953. The van der Waals surface area contributed by atoms with Gasteiger partial charge in [0.1, 0.15) is 5.82 Å². The van der Waals surface area contributed by atoms with E-state index in [0.717, 1.165) is 22.3 Å². The van der Waals surface area contributed by atoms with Gasteiger partial charge in [0.05, 0.1) is 5.52 Å². The van der Waals surface area contributed by atoms with Gasteiger partial charge in [0, 0.05) is 19.5 Å². The van der Waals surface area contributed by atoms with Crippen molar-refractivity contribution < 1.29 is 0 Å². The summed E-state index contributed by atoms with van der Waals surface area (Å²) in [6.45, 7) is 4.03. The van der Waals surface area contributed by atoms with E-state index in [1.165, 1.54) is 0 Å². The molecule has 0 fully saturated rings. The van der Waals surface area contributed by atoms with E-state index < -0.39 is 0 Å². The molecule has 2 heteroatoms. The molecule has 1 radical (unpaired) electrons. The Labute approximate surface area is 84.2 Å². The summed E-state index contributed by atoms with van der Waals surface area (Å²) in [5.41, 5.74) is 2.03. The monoisotopic (exact) mass is 185 g/mol. The molecule has 0 saturated heterocycles. The molecule has 0 spiro atoms. The average molecular weight is 185 g/mol. The van der Waals surface area contributed by atoms with Crippen molar-refractivity contribution in [2.45, 2.75) is 0 Å². The highest BCUT2D eigenvalue weighted by molar-refractivity contribution is 5.84. The second-order valence-electron chi connectivity index (χ2n) is 3.55. The van der Waals surface area contributed by atoms with Crippen LogP contribution in [0.15, 0.2) is 30.3 Å². The van der Waals surface area contributed by atoms with Gasteiger partial charge >= 0.3 is 0 Å². The summed E-state index contributed by atoms with van der Waals surface area (Å²) < 4.78 is 0. The maximum absolute atomic E-state index is 4.52. The molecule has 0 aliphatic carbocycles. The van der Waals surface area contributed by atoms with E-state index in [-0.39, 0.29) is 0 Å². The number of fused-ring (bicyclic) bond motifs is 1. The smallest absolute Gasteiger partial charge is 0.129 e. The van der Waals surface area contributed by atoms with E-state index in [1.54, 1.807) is 0 Å². The van der Waals surface area contributed by atoms with Gasteiger partial charge in [-0.15, -0.1) is 0 Å². The fourth-order valence-corrected chi connectivity index (χ4v) is 1.46. The highest BCUT2D eigenvalue weighted by Crippen LogP contribution is 2.20. The summed E-state index contributed by atoms with van der Waals surface area (Å²) in [4.78, 5) is 6.51. The molecule has 1 heterocycles. The molecule has 2 aromatic rings. The number of benzene rings is 1. The normalized spacial score (nSPS) is 10.5. The first-order chi connectivity index (χ1) is 6.68. The van der Waals surface area contributed by atoms with Crippen molar-refractivity contribution >= 4 is 16.7 Å². The Bertz CT molecular complexity index is 461. The van der Waals surface area contributed by atoms with Gasteiger partial charge in [-0.25, -0.2) is 4.98 Å². The van der Waals surface area contributed by atoms with Gasteiger partial charge in [0.25, 0.3) is 0 Å². The first kappa shape index (κ1) is 9.00. The Morgan fingerprint density at radius 2 is 1.93 bits per heavy atom. The number of hydrogen-bond donors (Lipinski definition) is 0. The average Bonchev–Trinajstić information content (AvgIpc) is 2.17. The van der Waals surface area contributed by atoms with Crippen LogP contribution in [0.2, 0.25) is 0 Å². The SMILES string of the molecule is [CH2]c1cc(N(C)C)nc2ccccc12. The number of nitrogens with zero attached hydrogens (tertiary/aromatic N) is 2. The van der Waals surface area contributed by atoms with Gasteiger partial charge in [-0.3, -0.25) is 0 Å². The topological polar surface area (TPSA) is 16.1 Å².